The Balaban J connectivity index is 1.25. The number of hydrogen-bond donors (Lipinski definition) is 2. The van der Waals surface area contributed by atoms with E-state index in [1.165, 1.54) is 0 Å². The van der Waals surface area contributed by atoms with Gasteiger partial charge in [-0.15, -0.1) is 0 Å². The summed E-state index contributed by atoms with van der Waals surface area (Å²) in [5.41, 5.74) is -1.04. The van der Waals surface area contributed by atoms with Crippen LogP contribution in [-0.2, 0) is 28.7 Å². The van der Waals surface area contributed by atoms with Gasteiger partial charge in [-0.3, -0.25) is 19.2 Å². The molecule has 10 heteroatoms. The summed E-state index contributed by atoms with van der Waals surface area (Å²) in [5, 5.41) is 12.9. The maximum absolute atomic E-state index is 14.7. The molecule has 0 aromatic rings. The number of nitrogens with one attached hydrogen (secondary N) is 1. The second-order valence-corrected chi connectivity index (χ2v) is 22.2. The van der Waals surface area contributed by atoms with Crippen molar-refractivity contribution in [2.24, 2.45) is 56.2 Å². The summed E-state index contributed by atoms with van der Waals surface area (Å²) >= 11 is 0. The number of carboxylic acid groups (broad SMARTS) is 1. The van der Waals surface area contributed by atoms with Gasteiger partial charge in [0.25, 0.3) is 0 Å². The number of hydrogen-bond acceptors (Lipinski definition) is 7. The van der Waals surface area contributed by atoms with Gasteiger partial charge in [-0.25, -0.2) is 4.79 Å². The summed E-state index contributed by atoms with van der Waals surface area (Å²) < 4.78 is 11.9. The lowest BCUT2D eigenvalue weighted by molar-refractivity contribution is -0.233. The molecule has 0 aromatic heterocycles. The summed E-state index contributed by atoms with van der Waals surface area (Å²) in [6.45, 7) is 25.9. The molecule has 6 aliphatic rings. The number of carbonyl (C=O) groups excluding carboxylic acids is 4. The van der Waals surface area contributed by atoms with Gasteiger partial charge < -0.3 is 24.8 Å². The minimum absolute atomic E-state index is 0.0156. The third-order valence-corrected chi connectivity index (χ3v) is 16.7. The molecule has 2 amide bonds. The number of esters is 1. The second kappa shape index (κ2) is 14.1. The van der Waals surface area contributed by atoms with Crippen LogP contribution in [0.5, 0.6) is 0 Å². The summed E-state index contributed by atoms with van der Waals surface area (Å²) in [6, 6.07) is -0.141. The maximum Gasteiger partial charge on any atom is 0.410 e. The summed E-state index contributed by atoms with van der Waals surface area (Å²) in [6.07, 6.45) is 8.31. The van der Waals surface area contributed by atoms with Gasteiger partial charge in [0, 0.05) is 24.9 Å². The Kier molecular flexibility index (Phi) is 10.8. The van der Waals surface area contributed by atoms with Crippen LogP contribution in [0.25, 0.3) is 0 Å². The molecule has 56 heavy (non-hydrogen) atoms. The van der Waals surface area contributed by atoms with Crippen LogP contribution in [0.2, 0.25) is 0 Å². The molecular weight excluding hydrogens is 709 g/mol. The lowest BCUT2D eigenvalue weighted by atomic mass is 9.33. The van der Waals surface area contributed by atoms with Crippen LogP contribution < -0.4 is 5.32 Å². The van der Waals surface area contributed by atoms with E-state index in [-0.39, 0.29) is 76.3 Å². The van der Waals surface area contributed by atoms with Gasteiger partial charge in [0.05, 0.1) is 23.3 Å². The lowest BCUT2D eigenvalue weighted by Gasteiger charge is -2.72. The second-order valence-electron chi connectivity index (χ2n) is 22.2. The fourth-order valence-corrected chi connectivity index (χ4v) is 13.7. The number of Topliss-reactive ketones (excluding diaryl/α,β-unsaturated/α-hetero) is 1. The van der Waals surface area contributed by atoms with Crippen molar-refractivity contribution >= 4 is 29.7 Å². The summed E-state index contributed by atoms with van der Waals surface area (Å²) in [4.78, 5) is 68.6. The highest BCUT2D eigenvalue weighted by atomic mass is 16.6. The van der Waals surface area contributed by atoms with Gasteiger partial charge in [-0.05, 0) is 150 Å². The Bertz CT molecular complexity index is 1670. The molecule has 4 unspecified atom stereocenters. The molecule has 1 saturated heterocycles. The lowest BCUT2D eigenvalue weighted by Crippen LogP contribution is -2.66. The van der Waals surface area contributed by atoms with Gasteiger partial charge in [0.2, 0.25) is 5.91 Å². The Hall–Kier alpha value is -2.91. The molecule has 0 spiro atoms. The van der Waals surface area contributed by atoms with E-state index in [0.717, 1.165) is 68.9 Å². The van der Waals surface area contributed by atoms with E-state index >= 15 is 0 Å². The first-order valence-electron chi connectivity index (χ1n) is 21.7. The van der Waals surface area contributed by atoms with Gasteiger partial charge >= 0.3 is 18.0 Å². The van der Waals surface area contributed by atoms with E-state index < -0.39 is 28.4 Å². The van der Waals surface area contributed by atoms with Crippen molar-refractivity contribution in [2.45, 2.75) is 178 Å². The molecule has 5 fully saturated rings. The van der Waals surface area contributed by atoms with Crippen molar-refractivity contribution in [3.63, 3.8) is 0 Å². The molecule has 1 heterocycles. The zero-order valence-electron chi connectivity index (χ0n) is 36.6. The Morgan fingerprint density at radius 1 is 0.875 bits per heavy atom. The van der Waals surface area contributed by atoms with E-state index in [4.69, 9.17) is 9.47 Å². The van der Waals surface area contributed by atoms with E-state index in [2.05, 4.69) is 53.8 Å². The van der Waals surface area contributed by atoms with Crippen molar-refractivity contribution in [3.05, 3.63) is 11.1 Å². The van der Waals surface area contributed by atoms with Crippen LogP contribution >= 0.6 is 0 Å². The number of rotatable bonds is 8. The Morgan fingerprint density at radius 2 is 1.55 bits per heavy atom. The predicted molar refractivity (Wildman–Crippen MR) is 214 cm³/mol. The van der Waals surface area contributed by atoms with Gasteiger partial charge in [-0.2, -0.15) is 0 Å². The van der Waals surface area contributed by atoms with Crippen LogP contribution in [0.3, 0.4) is 0 Å². The van der Waals surface area contributed by atoms with Crippen molar-refractivity contribution in [3.8, 4) is 0 Å². The molecule has 6 rings (SSSR count). The average Bonchev–Trinajstić information content (AvgIpc) is 3.67. The third-order valence-electron chi connectivity index (χ3n) is 16.7. The number of allylic oxidation sites excluding steroid dienone is 1. The molecular formula is C46H72N2O8. The average molecular weight is 781 g/mol. The Morgan fingerprint density at radius 3 is 2.18 bits per heavy atom. The quantitative estimate of drug-likeness (QED) is 0.233. The van der Waals surface area contributed by atoms with E-state index in [1.54, 1.807) is 18.7 Å². The molecule has 10 nitrogen and oxygen atoms in total. The van der Waals surface area contributed by atoms with Crippen molar-refractivity contribution in [1.29, 1.82) is 0 Å². The number of ketones is 1. The highest BCUT2D eigenvalue weighted by molar-refractivity contribution is 6.07. The van der Waals surface area contributed by atoms with Gasteiger partial charge in [0.15, 0.2) is 5.78 Å². The van der Waals surface area contributed by atoms with E-state index in [9.17, 15) is 29.1 Å². The normalized spacial score (nSPS) is 38.0. The highest BCUT2D eigenvalue weighted by Crippen LogP contribution is 2.76. The largest absolute Gasteiger partial charge is 0.481 e. The molecule has 2 N–H and O–H groups in total. The van der Waals surface area contributed by atoms with Crippen molar-refractivity contribution in [2.75, 3.05) is 13.1 Å². The van der Waals surface area contributed by atoms with Gasteiger partial charge in [0.1, 0.15) is 11.7 Å². The number of ether oxygens (including phenoxy) is 2. The number of aliphatic carboxylic acids is 1. The molecule has 4 saturated carbocycles. The fourth-order valence-electron chi connectivity index (χ4n) is 13.7. The zero-order chi connectivity index (χ0) is 41.6. The number of nitrogens with zero attached hydrogens (tertiary/aromatic N) is 1. The maximum atomic E-state index is 14.7. The summed E-state index contributed by atoms with van der Waals surface area (Å²) in [7, 11) is 0. The minimum atomic E-state index is -1.18. The number of likely N-dealkylation sites (tertiary alicyclic amines) is 1. The first kappa shape index (κ1) is 42.7. The Labute approximate surface area is 336 Å². The molecule has 0 radical (unpaired) electrons. The number of amides is 2. The van der Waals surface area contributed by atoms with Crippen LogP contribution in [0, 0.1) is 56.2 Å². The van der Waals surface area contributed by atoms with Crippen molar-refractivity contribution in [1.82, 2.24) is 10.2 Å². The molecule has 1 aliphatic heterocycles. The van der Waals surface area contributed by atoms with E-state index in [1.807, 2.05) is 20.8 Å². The third kappa shape index (κ3) is 6.72. The first-order valence-corrected chi connectivity index (χ1v) is 21.7. The standard InChI is InChI=1S/C46H72N2O8/c1-27(2)35-30(49)24-46(37(51)47-26-28-14-13-23-48(28)39(54)56-40(3,4)5)22-21-44(11)29(36(35)46)15-16-32-43(10)19-18-33(55-34(50)25-41(6,7)38(52)53)42(8,9)31(43)17-20-45(32,44)12/h27-29,31-33H,13-26H2,1-12H3,(H,47,51)(H,52,53)/t28?,29?,31?,32?,33-,43-,44+,45+,46+/m0/s1. The zero-order valence-corrected chi connectivity index (χ0v) is 36.6. The van der Waals surface area contributed by atoms with Gasteiger partial charge in [-0.1, -0.05) is 48.5 Å². The minimum Gasteiger partial charge on any atom is -0.481 e. The first-order chi connectivity index (χ1) is 25.7. The number of fused-ring (bicyclic) bond motifs is 7. The predicted octanol–water partition coefficient (Wildman–Crippen LogP) is 8.90. The van der Waals surface area contributed by atoms with Crippen LogP contribution in [0.15, 0.2) is 11.1 Å². The molecule has 0 aromatic carbocycles. The molecule has 0 bridgehead atoms. The van der Waals surface area contributed by atoms with E-state index in [0.29, 0.717) is 31.3 Å². The van der Waals surface area contributed by atoms with Crippen LogP contribution in [0.1, 0.15) is 160 Å². The molecule has 5 aliphatic carbocycles. The number of carboxylic acids is 1. The summed E-state index contributed by atoms with van der Waals surface area (Å²) in [5.74, 6) is -0.476. The smallest absolute Gasteiger partial charge is 0.410 e. The molecule has 314 valence electrons. The fraction of sp³-hybridized carbons (Fsp3) is 0.848. The monoisotopic (exact) mass is 781 g/mol. The van der Waals surface area contributed by atoms with Crippen LogP contribution in [-0.4, -0.2) is 70.6 Å². The number of carbonyl (C=O) groups is 5. The molecule has 9 atom stereocenters. The highest BCUT2D eigenvalue weighted by Gasteiger charge is 2.71. The van der Waals surface area contributed by atoms with Crippen LogP contribution in [0.4, 0.5) is 4.79 Å². The SMILES string of the molecule is CC(C)C1=C2C3CCC4[C@@]5(C)CC[C@H](OC(=O)CC(C)(C)C(=O)O)C(C)(C)C5CC[C@@]4(C)[C@]3(C)CC[C@@]2(C(=O)NCC2CCCN2C(=O)OC(C)(C)C)CC1=O. The topological polar surface area (TPSA) is 139 Å². The van der Waals surface area contributed by atoms with Crippen molar-refractivity contribution < 1.29 is 38.6 Å².